The lowest BCUT2D eigenvalue weighted by atomic mass is 9.99. The van der Waals surface area contributed by atoms with Gasteiger partial charge in [0.2, 0.25) is 0 Å². The van der Waals surface area contributed by atoms with E-state index in [4.69, 9.17) is 4.74 Å². The van der Waals surface area contributed by atoms with Crippen molar-refractivity contribution in [3.63, 3.8) is 0 Å². The molecule has 1 aromatic carbocycles. The van der Waals surface area contributed by atoms with Crippen molar-refractivity contribution < 1.29 is 17.9 Å². The van der Waals surface area contributed by atoms with E-state index in [0.717, 1.165) is 17.1 Å². The number of methoxy groups -OCH3 is 1. The smallest absolute Gasteiger partial charge is 0.272 e. The molecule has 0 bridgehead atoms. The van der Waals surface area contributed by atoms with Gasteiger partial charge in [-0.3, -0.25) is 14.1 Å². The summed E-state index contributed by atoms with van der Waals surface area (Å²) in [4.78, 5) is 18.8. The minimum Gasteiger partial charge on any atom is -0.497 e. The number of pyridine rings is 1. The highest BCUT2D eigenvalue weighted by molar-refractivity contribution is 7.92. The fraction of sp³-hybridized carbons (Fsp3) is 0.400. The molecular weight excluding hydrogens is 378 g/mol. The molecule has 1 aromatic heterocycles. The minimum absolute atomic E-state index is 0.144. The Bertz CT molecular complexity index is 936. The van der Waals surface area contributed by atoms with Crippen LogP contribution >= 0.6 is 0 Å². The third-order valence-electron chi connectivity index (χ3n) is 5.11. The number of hydrogen-bond acceptors (Lipinski definition) is 5. The van der Waals surface area contributed by atoms with Gasteiger partial charge in [0.25, 0.3) is 15.9 Å². The largest absolute Gasteiger partial charge is 0.497 e. The monoisotopic (exact) mass is 403 g/mol. The van der Waals surface area contributed by atoms with E-state index >= 15 is 0 Å². The summed E-state index contributed by atoms with van der Waals surface area (Å²) in [5.41, 5.74) is 0.642. The Morgan fingerprint density at radius 1 is 1.18 bits per heavy atom. The molecule has 3 rings (SSSR count). The highest BCUT2D eigenvalue weighted by Crippen LogP contribution is 2.25. The minimum atomic E-state index is -3.77. The lowest BCUT2D eigenvalue weighted by Gasteiger charge is -2.30. The number of nitrogens with zero attached hydrogens (tertiary/aromatic N) is 3. The molecule has 2 aromatic rings. The number of carbonyl (C=O) groups excluding carboxylic acids is 1. The van der Waals surface area contributed by atoms with Crippen molar-refractivity contribution in [3.05, 3.63) is 48.3 Å². The van der Waals surface area contributed by atoms with E-state index in [2.05, 4.69) is 11.9 Å². The Hall–Kier alpha value is -2.61. The van der Waals surface area contributed by atoms with Gasteiger partial charge in [0.15, 0.2) is 0 Å². The number of amides is 1. The van der Waals surface area contributed by atoms with Crippen LogP contribution in [0.1, 0.15) is 30.3 Å². The summed E-state index contributed by atoms with van der Waals surface area (Å²) in [5, 5.41) is 0. The second-order valence-corrected chi connectivity index (χ2v) is 8.99. The molecule has 2 heterocycles. The van der Waals surface area contributed by atoms with E-state index in [-0.39, 0.29) is 16.5 Å². The van der Waals surface area contributed by atoms with E-state index in [9.17, 15) is 13.2 Å². The zero-order valence-electron chi connectivity index (χ0n) is 16.3. The first-order valence-corrected chi connectivity index (χ1v) is 10.6. The van der Waals surface area contributed by atoms with Gasteiger partial charge in [-0.05, 0) is 55.2 Å². The average Bonchev–Trinajstić information content (AvgIpc) is 2.73. The van der Waals surface area contributed by atoms with Crippen molar-refractivity contribution in [1.82, 2.24) is 9.88 Å². The molecule has 0 aliphatic carbocycles. The summed E-state index contributed by atoms with van der Waals surface area (Å²) in [6.45, 7) is 3.58. The predicted molar refractivity (Wildman–Crippen MR) is 107 cm³/mol. The van der Waals surface area contributed by atoms with Crippen molar-refractivity contribution in [2.45, 2.75) is 24.7 Å². The molecule has 0 radical (unpaired) electrons. The fourth-order valence-electron chi connectivity index (χ4n) is 3.15. The molecule has 150 valence electrons. The van der Waals surface area contributed by atoms with Crippen LogP contribution in [0.5, 0.6) is 5.75 Å². The van der Waals surface area contributed by atoms with Crippen LogP contribution in [0.15, 0.2) is 47.5 Å². The molecule has 0 saturated carbocycles. The Kier molecular flexibility index (Phi) is 5.88. The summed E-state index contributed by atoms with van der Waals surface area (Å²) >= 11 is 0. The molecule has 1 saturated heterocycles. The van der Waals surface area contributed by atoms with Crippen LogP contribution in [0.2, 0.25) is 0 Å². The van der Waals surface area contributed by atoms with Gasteiger partial charge in [-0.2, -0.15) is 0 Å². The Balaban J connectivity index is 1.83. The number of sulfonamides is 1. The number of carbonyl (C=O) groups is 1. The van der Waals surface area contributed by atoms with Crippen LogP contribution in [0, 0.1) is 5.92 Å². The second kappa shape index (κ2) is 8.18. The summed E-state index contributed by atoms with van der Waals surface area (Å²) in [6.07, 6.45) is 3.41. The van der Waals surface area contributed by atoms with Crippen molar-refractivity contribution in [2.75, 3.05) is 31.6 Å². The number of likely N-dealkylation sites (tertiary alicyclic amines) is 1. The maximum Gasteiger partial charge on any atom is 0.272 e. The summed E-state index contributed by atoms with van der Waals surface area (Å²) in [7, 11) is -0.781. The Labute approximate surface area is 166 Å². The number of hydrogen-bond donors (Lipinski definition) is 0. The third kappa shape index (κ3) is 4.11. The second-order valence-electron chi connectivity index (χ2n) is 7.02. The quantitative estimate of drug-likeness (QED) is 0.767. The molecule has 28 heavy (non-hydrogen) atoms. The molecule has 0 atom stereocenters. The van der Waals surface area contributed by atoms with Gasteiger partial charge in [-0.15, -0.1) is 0 Å². The van der Waals surface area contributed by atoms with Gasteiger partial charge in [0.1, 0.15) is 11.4 Å². The van der Waals surface area contributed by atoms with Gasteiger partial charge in [0.05, 0.1) is 17.7 Å². The van der Waals surface area contributed by atoms with Gasteiger partial charge >= 0.3 is 0 Å². The SMILES string of the molecule is COc1ccc(S(=O)(=O)N(C)c2ccnc(C(=O)N3CCC(C)CC3)c2)cc1. The van der Waals surface area contributed by atoms with Crippen molar-refractivity contribution in [2.24, 2.45) is 5.92 Å². The molecule has 0 unspecified atom stereocenters. The number of rotatable bonds is 5. The van der Waals surface area contributed by atoms with Crippen LogP contribution in [-0.2, 0) is 10.0 Å². The van der Waals surface area contributed by atoms with E-state index in [1.54, 1.807) is 23.1 Å². The first-order chi connectivity index (χ1) is 13.3. The fourth-order valence-corrected chi connectivity index (χ4v) is 4.34. The predicted octanol–water partition coefficient (Wildman–Crippen LogP) is 2.79. The molecule has 0 N–H and O–H groups in total. The van der Waals surface area contributed by atoms with Crippen LogP contribution < -0.4 is 9.04 Å². The molecule has 7 nitrogen and oxygen atoms in total. The van der Waals surface area contributed by atoms with Gasteiger partial charge in [0, 0.05) is 26.3 Å². The zero-order valence-corrected chi connectivity index (χ0v) is 17.1. The highest BCUT2D eigenvalue weighted by atomic mass is 32.2. The van der Waals surface area contributed by atoms with Crippen LogP contribution in [-0.4, -0.2) is 51.5 Å². The molecule has 8 heteroatoms. The highest BCUT2D eigenvalue weighted by Gasteiger charge is 2.25. The lowest BCUT2D eigenvalue weighted by molar-refractivity contribution is 0.0691. The van der Waals surface area contributed by atoms with Crippen molar-refractivity contribution >= 4 is 21.6 Å². The average molecular weight is 404 g/mol. The molecule has 0 spiro atoms. The van der Waals surface area contributed by atoms with Gasteiger partial charge < -0.3 is 9.64 Å². The molecular formula is C20H25N3O4S. The number of piperidine rings is 1. The zero-order chi connectivity index (χ0) is 20.3. The topological polar surface area (TPSA) is 79.8 Å². The first-order valence-electron chi connectivity index (χ1n) is 9.21. The number of anilines is 1. The van der Waals surface area contributed by atoms with Crippen LogP contribution in [0.3, 0.4) is 0 Å². The molecule has 1 aliphatic rings. The molecule has 1 aliphatic heterocycles. The van der Waals surface area contributed by atoms with Crippen LogP contribution in [0.25, 0.3) is 0 Å². The Morgan fingerprint density at radius 3 is 2.43 bits per heavy atom. The molecule has 1 amide bonds. The first kappa shape index (κ1) is 20.1. The standard InChI is InChI=1S/C20H25N3O4S/c1-15-9-12-23(13-10-15)20(24)19-14-16(8-11-21-19)22(2)28(25,26)18-6-4-17(27-3)5-7-18/h4-8,11,14-15H,9-10,12-13H2,1-3H3. The maximum atomic E-state index is 12.9. The third-order valence-corrected chi connectivity index (χ3v) is 6.91. The van der Waals surface area contributed by atoms with E-state index in [1.807, 2.05) is 0 Å². The number of aromatic nitrogens is 1. The van der Waals surface area contributed by atoms with E-state index < -0.39 is 10.0 Å². The van der Waals surface area contributed by atoms with Gasteiger partial charge in [-0.25, -0.2) is 8.42 Å². The van der Waals surface area contributed by atoms with Crippen LogP contribution in [0.4, 0.5) is 5.69 Å². The van der Waals surface area contributed by atoms with Gasteiger partial charge in [-0.1, -0.05) is 6.92 Å². The summed E-state index contributed by atoms with van der Waals surface area (Å²) in [6, 6.07) is 9.29. The Morgan fingerprint density at radius 2 is 1.82 bits per heavy atom. The maximum absolute atomic E-state index is 12.9. The van der Waals surface area contributed by atoms with Crippen molar-refractivity contribution in [1.29, 1.82) is 0 Å². The lowest BCUT2D eigenvalue weighted by Crippen LogP contribution is -2.38. The number of benzene rings is 1. The normalized spacial score (nSPS) is 15.3. The van der Waals surface area contributed by atoms with E-state index in [1.165, 1.54) is 38.6 Å². The van der Waals surface area contributed by atoms with E-state index in [0.29, 0.717) is 30.4 Å². The molecule has 1 fully saturated rings. The number of ether oxygens (including phenoxy) is 1. The van der Waals surface area contributed by atoms with Crippen molar-refractivity contribution in [3.8, 4) is 5.75 Å². The summed E-state index contributed by atoms with van der Waals surface area (Å²) in [5.74, 6) is 1.03. The summed E-state index contributed by atoms with van der Waals surface area (Å²) < 4.78 is 32.1.